The molecular formula is C43H46ClN5O2. The lowest BCUT2D eigenvalue weighted by atomic mass is 9.77. The lowest BCUT2D eigenvalue weighted by Crippen LogP contribution is -2.51. The second-order valence-corrected chi connectivity index (χ2v) is 12.0. The Labute approximate surface area is 307 Å². The van der Waals surface area contributed by atoms with Gasteiger partial charge in [0, 0.05) is 19.0 Å². The van der Waals surface area contributed by atoms with Crippen molar-refractivity contribution < 1.29 is 9.94 Å². The van der Waals surface area contributed by atoms with Crippen molar-refractivity contribution in [2.24, 2.45) is 10.3 Å². The van der Waals surface area contributed by atoms with E-state index in [4.69, 9.17) is 15.2 Å². The molecule has 0 saturated heterocycles. The molecule has 1 aliphatic heterocycles. The summed E-state index contributed by atoms with van der Waals surface area (Å²) in [6.45, 7) is 5.70. The Balaban J connectivity index is 0.00000248. The summed E-state index contributed by atoms with van der Waals surface area (Å²) in [5.41, 5.74) is 6.45. The lowest BCUT2D eigenvalue weighted by molar-refractivity contribution is -0.0858. The lowest BCUT2D eigenvalue weighted by Gasteiger charge is -2.44. The van der Waals surface area contributed by atoms with E-state index in [1.54, 1.807) is 6.08 Å². The van der Waals surface area contributed by atoms with Gasteiger partial charge in [0.05, 0.1) is 5.70 Å². The van der Waals surface area contributed by atoms with Crippen molar-refractivity contribution in [2.75, 3.05) is 20.2 Å². The molecule has 0 radical (unpaired) electrons. The highest BCUT2D eigenvalue weighted by Crippen LogP contribution is 2.48. The molecule has 51 heavy (non-hydrogen) atoms. The van der Waals surface area contributed by atoms with Crippen molar-refractivity contribution in [1.29, 1.82) is 0 Å². The molecule has 0 aromatic heterocycles. The second-order valence-electron chi connectivity index (χ2n) is 12.0. The van der Waals surface area contributed by atoms with E-state index < -0.39 is 5.54 Å². The summed E-state index contributed by atoms with van der Waals surface area (Å²) in [5, 5.41) is 25.6. The Morgan fingerprint density at radius 1 is 0.824 bits per heavy atom. The van der Waals surface area contributed by atoms with Crippen molar-refractivity contribution >= 4 is 11.6 Å². The van der Waals surface area contributed by atoms with Crippen molar-refractivity contribution in [3.63, 3.8) is 0 Å². The van der Waals surface area contributed by atoms with Gasteiger partial charge < -0.3 is 9.94 Å². The molecule has 0 spiro atoms. The molecular weight excluding hydrogens is 654 g/mol. The van der Waals surface area contributed by atoms with Crippen LogP contribution in [0, 0.1) is 0 Å². The number of hydroxylamine groups is 2. The summed E-state index contributed by atoms with van der Waals surface area (Å²) in [4.78, 5) is 6.11. The van der Waals surface area contributed by atoms with E-state index in [9.17, 15) is 5.11 Å². The third-order valence-corrected chi connectivity index (χ3v) is 8.94. The predicted octanol–water partition coefficient (Wildman–Crippen LogP) is 10.5. The SMILES string of the molecule is C=C/C=C(/CCCC)N(CO)Oc1ccc(-c2ccccc2C2N=NN(C(c3ccccc3)(c3ccccc3)c3ccccc3)N2C)cc1.CCl. The molecule has 0 saturated carbocycles. The number of hydrogen-bond donors (Lipinski definition) is 1. The largest absolute Gasteiger partial charge is 0.378 e. The topological polar surface area (TPSA) is 63.9 Å². The molecule has 1 aliphatic rings. The van der Waals surface area contributed by atoms with Gasteiger partial charge in [-0.3, -0.25) is 0 Å². The van der Waals surface area contributed by atoms with Gasteiger partial charge in [0.25, 0.3) is 0 Å². The van der Waals surface area contributed by atoms with Gasteiger partial charge in [0.15, 0.2) is 24.2 Å². The second kappa shape index (κ2) is 18.2. The van der Waals surface area contributed by atoms with Gasteiger partial charge in [-0.05, 0) is 58.9 Å². The first-order chi connectivity index (χ1) is 25.1. The smallest absolute Gasteiger partial charge is 0.169 e. The molecule has 6 rings (SSSR count). The minimum absolute atomic E-state index is 0.264. The summed E-state index contributed by atoms with van der Waals surface area (Å²) < 4.78 is 0. The van der Waals surface area contributed by atoms with Crippen molar-refractivity contribution in [3.05, 3.63) is 186 Å². The number of aliphatic hydroxyl groups excluding tert-OH is 1. The van der Waals surface area contributed by atoms with Crippen LogP contribution >= 0.6 is 11.6 Å². The van der Waals surface area contributed by atoms with Gasteiger partial charge in [-0.2, -0.15) is 15.2 Å². The first-order valence-electron chi connectivity index (χ1n) is 17.2. The molecule has 7 nitrogen and oxygen atoms in total. The minimum Gasteiger partial charge on any atom is -0.378 e. The van der Waals surface area contributed by atoms with E-state index in [0.717, 1.165) is 58.3 Å². The third-order valence-electron chi connectivity index (χ3n) is 8.94. The zero-order chi connectivity index (χ0) is 36.1. The van der Waals surface area contributed by atoms with Crippen molar-refractivity contribution in [1.82, 2.24) is 15.2 Å². The van der Waals surface area contributed by atoms with E-state index in [-0.39, 0.29) is 12.9 Å². The Kier molecular flexibility index (Phi) is 13.2. The average Bonchev–Trinajstić information content (AvgIpc) is 3.59. The summed E-state index contributed by atoms with van der Waals surface area (Å²) in [6, 6.07) is 47.8. The van der Waals surface area contributed by atoms with Gasteiger partial charge in [0.1, 0.15) is 0 Å². The van der Waals surface area contributed by atoms with Crippen molar-refractivity contribution in [2.45, 2.75) is 37.9 Å². The van der Waals surface area contributed by atoms with Gasteiger partial charge >= 0.3 is 0 Å². The fraction of sp³-hybridized carbons (Fsp3) is 0.209. The van der Waals surface area contributed by atoms with Crippen LogP contribution < -0.4 is 4.84 Å². The number of allylic oxidation sites excluding steroid dienone is 3. The molecule has 0 amide bonds. The molecule has 5 aromatic rings. The van der Waals surface area contributed by atoms with Crippen LogP contribution in [0.25, 0.3) is 11.1 Å². The maximum atomic E-state index is 10.1. The van der Waals surface area contributed by atoms with Crippen LogP contribution in [0.2, 0.25) is 0 Å². The number of halogens is 1. The standard InChI is InChI=1S/C42H43N5O2.CH3Cl/c1-4-6-25-37(18-5-2)46(32-48)49-38-30-28-33(29-31-38)39-26-16-17-27-40(39)41-43-44-47(45(41)3)42(34-19-10-7-11-20-34,35-21-12-8-13-22-35)36-23-14-9-15-24-36;1-2/h5,7-24,26-31,41,48H,2,4,6,25,32H2,1,3H3;1H3/b37-18-;. The average molecular weight is 700 g/mol. The quantitative estimate of drug-likeness (QED) is 0.0411. The number of benzene rings is 5. The molecule has 1 atom stereocenters. The molecule has 1 heterocycles. The number of hydrogen-bond acceptors (Lipinski definition) is 7. The van der Waals surface area contributed by atoms with Crippen molar-refractivity contribution in [3.8, 4) is 16.9 Å². The summed E-state index contributed by atoms with van der Waals surface area (Å²) >= 11 is 4.64. The summed E-state index contributed by atoms with van der Waals surface area (Å²) in [7, 11) is 2.05. The Hall–Kier alpha value is -5.21. The van der Waals surface area contributed by atoms with Crippen LogP contribution in [0.3, 0.4) is 0 Å². The maximum Gasteiger partial charge on any atom is 0.169 e. The number of alkyl halides is 1. The first kappa shape index (κ1) is 37.1. The molecule has 5 aromatic carbocycles. The Bertz CT molecular complexity index is 1770. The number of unbranched alkanes of at least 4 members (excludes halogenated alkanes) is 1. The van der Waals surface area contributed by atoms with Crippen LogP contribution in [-0.4, -0.2) is 40.5 Å². The molecule has 262 valence electrons. The summed E-state index contributed by atoms with van der Waals surface area (Å²) in [6.07, 6.45) is 7.52. The molecule has 0 fully saturated rings. The highest BCUT2D eigenvalue weighted by Gasteiger charge is 2.48. The first-order valence-corrected chi connectivity index (χ1v) is 17.9. The van der Waals surface area contributed by atoms with E-state index in [0.29, 0.717) is 5.75 Å². The Morgan fingerprint density at radius 2 is 1.35 bits per heavy atom. The van der Waals surface area contributed by atoms with Gasteiger partial charge in [-0.15, -0.1) is 16.7 Å². The van der Waals surface area contributed by atoms with Crippen LogP contribution in [0.4, 0.5) is 0 Å². The normalized spacial score (nSPS) is 14.5. The molecule has 1 N–H and O–H groups in total. The minimum atomic E-state index is -0.778. The predicted molar refractivity (Wildman–Crippen MR) is 207 cm³/mol. The monoisotopic (exact) mass is 699 g/mol. The van der Waals surface area contributed by atoms with E-state index in [1.165, 1.54) is 11.4 Å². The fourth-order valence-electron chi connectivity index (χ4n) is 6.56. The molecule has 8 heteroatoms. The zero-order valence-corrected chi connectivity index (χ0v) is 30.3. The number of nitrogens with zero attached hydrogens (tertiary/aromatic N) is 5. The highest BCUT2D eigenvalue weighted by atomic mass is 35.5. The number of aliphatic hydroxyl groups is 1. The number of hydrazine groups is 1. The van der Waals surface area contributed by atoms with Crippen LogP contribution in [0.1, 0.15) is 54.6 Å². The molecule has 0 aliphatic carbocycles. The molecule has 0 bridgehead atoms. The Morgan fingerprint density at radius 3 is 1.86 bits per heavy atom. The van der Waals surface area contributed by atoms with Crippen LogP contribution in [0.15, 0.2) is 174 Å². The summed E-state index contributed by atoms with van der Waals surface area (Å²) in [5.74, 6) is 0.629. The fourth-order valence-corrected chi connectivity index (χ4v) is 6.56. The van der Waals surface area contributed by atoms with Gasteiger partial charge in [-0.25, -0.2) is 0 Å². The van der Waals surface area contributed by atoms with Gasteiger partial charge in [-0.1, -0.05) is 159 Å². The van der Waals surface area contributed by atoms with Crippen LogP contribution in [-0.2, 0) is 5.54 Å². The third kappa shape index (κ3) is 7.92. The van der Waals surface area contributed by atoms with E-state index in [2.05, 4.69) is 122 Å². The highest BCUT2D eigenvalue weighted by molar-refractivity contribution is 6.15. The van der Waals surface area contributed by atoms with Gasteiger partial charge in [0.2, 0.25) is 0 Å². The van der Waals surface area contributed by atoms with E-state index in [1.807, 2.05) is 65.8 Å². The zero-order valence-electron chi connectivity index (χ0n) is 29.5. The maximum absolute atomic E-state index is 10.1. The molecule has 1 unspecified atom stereocenters. The van der Waals surface area contributed by atoms with Crippen LogP contribution in [0.5, 0.6) is 5.75 Å². The van der Waals surface area contributed by atoms with E-state index >= 15 is 0 Å². The number of rotatable bonds is 14.